The van der Waals surface area contributed by atoms with Gasteiger partial charge in [-0.1, -0.05) is 49.7 Å². The number of piperazine rings is 1. The maximum atomic E-state index is 12.6. The van der Waals surface area contributed by atoms with Crippen LogP contribution in [0.3, 0.4) is 0 Å². The summed E-state index contributed by atoms with van der Waals surface area (Å²) in [6, 6.07) is 12.0. The topological polar surface area (TPSA) is 90.5 Å². The van der Waals surface area contributed by atoms with Gasteiger partial charge in [-0.3, -0.25) is 9.59 Å². The van der Waals surface area contributed by atoms with E-state index >= 15 is 0 Å². The quantitative estimate of drug-likeness (QED) is 0.760. The molecule has 7 nitrogen and oxygen atoms in total. The molecule has 0 aliphatic carbocycles. The van der Waals surface area contributed by atoms with Crippen LogP contribution < -0.4 is 16.0 Å². The third-order valence-corrected chi connectivity index (χ3v) is 5.45. The first-order chi connectivity index (χ1) is 13.6. The summed E-state index contributed by atoms with van der Waals surface area (Å²) >= 11 is 0. The Hall–Kier alpha value is -3.09. The zero-order chi connectivity index (χ0) is 19.7. The van der Waals surface area contributed by atoms with Crippen LogP contribution in [0.1, 0.15) is 26.2 Å². The second-order valence-electron chi connectivity index (χ2n) is 7.41. The van der Waals surface area contributed by atoms with Gasteiger partial charge in [-0.2, -0.15) is 0 Å². The first-order valence-corrected chi connectivity index (χ1v) is 9.73. The van der Waals surface area contributed by atoms with E-state index < -0.39 is 12.1 Å². The molecule has 2 aliphatic rings. The van der Waals surface area contributed by atoms with Crippen LogP contribution in [0.25, 0.3) is 10.8 Å². The number of nitrogens with zero attached hydrogens (tertiary/aromatic N) is 1. The fraction of sp³-hybridized carbons (Fsp3) is 0.381. The summed E-state index contributed by atoms with van der Waals surface area (Å²) in [5.41, 5.74) is 0.725. The molecule has 28 heavy (non-hydrogen) atoms. The number of carbonyl (C=O) groups is 3. The van der Waals surface area contributed by atoms with E-state index in [-0.39, 0.29) is 23.9 Å². The third-order valence-electron chi connectivity index (χ3n) is 5.45. The lowest BCUT2D eigenvalue weighted by Crippen LogP contribution is -2.61. The molecule has 4 rings (SSSR count). The van der Waals surface area contributed by atoms with Crippen molar-refractivity contribution in [3.05, 3.63) is 42.5 Å². The van der Waals surface area contributed by atoms with Crippen LogP contribution in [0.4, 0.5) is 10.5 Å². The summed E-state index contributed by atoms with van der Waals surface area (Å²) in [7, 11) is 0. The van der Waals surface area contributed by atoms with Crippen molar-refractivity contribution in [2.45, 2.75) is 44.3 Å². The number of fused-ring (bicyclic) bond motifs is 2. The maximum absolute atomic E-state index is 12.6. The van der Waals surface area contributed by atoms with Crippen LogP contribution in [-0.2, 0) is 9.59 Å². The minimum absolute atomic E-state index is 0.0507. The average Bonchev–Trinajstić information content (AvgIpc) is 3.11. The van der Waals surface area contributed by atoms with Gasteiger partial charge in [0.15, 0.2) is 0 Å². The van der Waals surface area contributed by atoms with E-state index in [1.807, 2.05) is 49.4 Å². The normalized spacial score (nSPS) is 24.0. The number of carbonyl (C=O) groups excluding carboxylic acids is 3. The van der Waals surface area contributed by atoms with Gasteiger partial charge in [0.25, 0.3) is 0 Å². The van der Waals surface area contributed by atoms with Crippen molar-refractivity contribution < 1.29 is 14.4 Å². The van der Waals surface area contributed by atoms with Crippen LogP contribution in [0.5, 0.6) is 0 Å². The van der Waals surface area contributed by atoms with Crippen molar-refractivity contribution in [2.24, 2.45) is 0 Å². The van der Waals surface area contributed by atoms with E-state index in [0.29, 0.717) is 19.4 Å². The van der Waals surface area contributed by atoms with Gasteiger partial charge in [0, 0.05) is 11.9 Å². The Balaban J connectivity index is 1.42. The first kappa shape index (κ1) is 18.3. The Labute approximate surface area is 163 Å². The SMILES string of the molecule is CCC[C@@H]1NC(=O)[C@@H]2C[C@H](NC(=O)Nc3cccc4ccccc34)CN2C1=O. The summed E-state index contributed by atoms with van der Waals surface area (Å²) in [5.74, 6) is -0.179. The highest BCUT2D eigenvalue weighted by atomic mass is 16.2. The van der Waals surface area contributed by atoms with Crippen molar-refractivity contribution in [2.75, 3.05) is 11.9 Å². The maximum Gasteiger partial charge on any atom is 0.319 e. The Morgan fingerprint density at radius 3 is 2.79 bits per heavy atom. The summed E-state index contributed by atoms with van der Waals surface area (Å²) < 4.78 is 0. The number of anilines is 1. The average molecular weight is 380 g/mol. The lowest BCUT2D eigenvalue weighted by atomic mass is 10.0. The molecule has 3 N–H and O–H groups in total. The molecule has 0 saturated carbocycles. The number of nitrogens with one attached hydrogen (secondary N) is 3. The van der Waals surface area contributed by atoms with E-state index in [2.05, 4.69) is 16.0 Å². The van der Waals surface area contributed by atoms with E-state index in [0.717, 1.165) is 22.9 Å². The van der Waals surface area contributed by atoms with Gasteiger partial charge < -0.3 is 20.9 Å². The van der Waals surface area contributed by atoms with Crippen molar-refractivity contribution >= 4 is 34.3 Å². The molecule has 2 fully saturated rings. The minimum atomic E-state index is -0.497. The number of benzene rings is 2. The van der Waals surface area contributed by atoms with Crippen molar-refractivity contribution in [1.29, 1.82) is 0 Å². The Kier molecular flexibility index (Phi) is 4.90. The van der Waals surface area contributed by atoms with Gasteiger partial charge in [-0.15, -0.1) is 0 Å². The number of rotatable bonds is 4. The summed E-state index contributed by atoms with van der Waals surface area (Å²) in [6.45, 7) is 2.34. The number of urea groups is 1. The van der Waals surface area contributed by atoms with Gasteiger partial charge in [0.05, 0.1) is 11.7 Å². The van der Waals surface area contributed by atoms with E-state index in [1.54, 1.807) is 4.90 Å². The summed E-state index contributed by atoms with van der Waals surface area (Å²) in [5, 5.41) is 10.6. The molecule has 0 spiro atoms. The van der Waals surface area contributed by atoms with E-state index in [1.165, 1.54) is 0 Å². The van der Waals surface area contributed by atoms with Crippen LogP contribution in [0, 0.1) is 0 Å². The molecule has 2 heterocycles. The van der Waals surface area contributed by atoms with Crippen molar-refractivity contribution in [3.8, 4) is 0 Å². The second-order valence-corrected chi connectivity index (χ2v) is 7.41. The fourth-order valence-corrected chi connectivity index (χ4v) is 4.12. The molecule has 3 atom stereocenters. The van der Waals surface area contributed by atoms with Gasteiger partial charge in [-0.05, 0) is 24.3 Å². The standard InChI is InChI=1S/C21H24N4O3/c1-2-6-17-20(27)25-12-14(11-18(25)19(26)23-17)22-21(28)24-16-10-5-8-13-7-3-4-9-15(13)16/h3-5,7-10,14,17-18H,2,6,11-12H2,1H3,(H,23,26)(H2,22,24,28)/t14-,17-,18-/m0/s1. The first-order valence-electron chi connectivity index (χ1n) is 9.73. The van der Waals surface area contributed by atoms with Crippen LogP contribution >= 0.6 is 0 Å². The van der Waals surface area contributed by atoms with Crippen LogP contribution in [0.2, 0.25) is 0 Å². The molecule has 2 aromatic carbocycles. The predicted octanol–water partition coefficient (Wildman–Crippen LogP) is 2.23. The largest absolute Gasteiger partial charge is 0.343 e. The smallest absolute Gasteiger partial charge is 0.319 e. The molecular weight excluding hydrogens is 356 g/mol. The van der Waals surface area contributed by atoms with Crippen LogP contribution in [-0.4, -0.2) is 47.4 Å². The molecule has 0 radical (unpaired) electrons. The van der Waals surface area contributed by atoms with Gasteiger partial charge in [-0.25, -0.2) is 4.79 Å². The number of hydrogen-bond donors (Lipinski definition) is 3. The van der Waals surface area contributed by atoms with E-state index in [4.69, 9.17) is 0 Å². The molecule has 0 aromatic heterocycles. The highest BCUT2D eigenvalue weighted by Crippen LogP contribution is 2.25. The fourth-order valence-electron chi connectivity index (χ4n) is 4.12. The third kappa shape index (κ3) is 3.40. The van der Waals surface area contributed by atoms with Crippen molar-refractivity contribution in [1.82, 2.24) is 15.5 Å². The van der Waals surface area contributed by atoms with Gasteiger partial charge in [0.2, 0.25) is 11.8 Å². The van der Waals surface area contributed by atoms with Crippen LogP contribution in [0.15, 0.2) is 42.5 Å². The molecule has 2 saturated heterocycles. The van der Waals surface area contributed by atoms with E-state index in [9.17, 15) is 14.4 Å². The zero-order valence-electron chi connectivity index (χ0n) is 15.8. The second kappa shape index (κ2) is 7.50. The van der Waals surface area contributed by atoms with Gasteiger partial charge >= 0.3 is 6.03 Å². The molecule has 146 valence electrons. The molecule has 2 aromatic rings. The summed E-state index contributed by atoms with van der Waals surface area (Å²) in [4.78, 5) is 39.1. The molecule has 7 heteroatoms. The van der Waals surface area contributed by atoms with Crippen molar-refractivity contribution in [3.63, 3.8) is 0 Å². The molecular formula is C21H24N4O3. The monoisotopic (exact) mass is 380 g/mol. The highest BCUT2D eigenvalue weighted by Gasteiger charge is 2.46. The summed E-state index contributed by atoms with van der Waals surface area (Å²) in [6.07, 6.45) is 1.89. The number of hydrogen-bond acceptors (Lipinski definition) is 3. The predicted molar refractivity (Wildman–Crippen MR) is 107 cm³/mol. The van der Waals surface area contributed by atoms with Gasteiger partial charge in [0.1, 0.15) is 12.1 Å². The Morgan fingerprint density at radius 2 is 1.96 bits per heavy atom. The molecule has 4 amide bonds. The molecule has 0 unspecified atom stereocenters. The number of amides is 4. The Bertz CT molecular complexity index is 924. The highest BCUT2D eigenvalue weighted by molar-refractivity contribution is 6.02. The minimum Gasteiger partial charge on any atom is -0.343 e. The molecule has 0 bridgehead atoms. The lowest BCUT2D eigenvalue weighted by Gasteiger charge is -2.34. The zero-order valence-corrected chi connectivity index (χ0v) is 15.8. The lowest BCUT2D eigenvalue weighted by molar-refractivity contribution is -0.147. The Morgan fingerprint density at radius 1 is 1.18 bits per heavy atom. The molecule has 2 aliphatic heterocycles.